The van der Waals surface area contributed by atoms with Gasteiger partial charge in [0.05, 0.1) is 6.54 Å². The van der Waals surface area contributed by atoms with Gasteiger partial charge in [0.15, 0.2) is 5.78 Å². The van der Waals surface area contributed by atoms with Crippen molar-refractivity contribution in [3.8, 4) is 0 Å². The molecule has 2 fully saturated rings. The van der Waals surface area contributed by atoms with Crippen LogP contribution in [0.1, 0.15) is 43.0 Å². The lowest BCUT2D eigenvalue weighted by molar-refractivity contribution is -0.144. The first-order valence-corrected chi connectivity index (χ1v) is 9.17. The van der Waals surface area contributed by atoms with Crippen LogP contribution in [-0.2, 0) is 9.59 Å². The van der Waals surface area contributed by atoms with E-state index < -0.39 is 24.4 Å². The summed E-state index contributed by atoms with van der Waals surface area (Å²) in [6.45, 7) is 1.58. The van der Waals surface area contributed by atoms with E-state index in [2.05, 4.69) is 15.9 Å². The number of ketones is 1. The summed E-state index contributed by atoms with van der Waals surface area (Å²) in [6.07, 6.45) is 3.62. The van der Waals surface area contributed by atoms with Gasteiger partial charge in [-0.15, -0.1) is 0 Å². The summed E-state index contributed by atoms with van der Waals surface area (Å²) in [4.78, 5) is 51.4. The summed E-state index contributed by atoms with van der Waals surface area (Å²) >= 11 is 3.29. The van der Waals surface area contributed by atoms with Crippen molar-refractivity contribution in [2.24, 2.45) is 5.92 Å². The molecule has 1 heterocycles. The van der Waals surface area contributed by atoms with Crippen molar-refractivity contribution < 1.29 is 19.2 Å². The number of hydrogen-bond acceptors (Lipinski definition) is 4. The fraction of sp³-hybridized carbons (Fsp3) is 0.444. The second-order valence-electron chi connectivity index (χ2n) is 6.61. The van der Waals surface area contributed by atoms with Crippen molar-refractivity contribution in [2.45, 2.75) is 38.6 Å². The number of rotatable bonds is 4. The first kappa shape index (κ1) is 17.8. The van der Waals surface area contributed by atoms with Gasteiger partial charge in [0.2, 0.25) is 0 Å². The maximum atomic E-state index is 12.6. The van der Waals surface area contributed by atoms with Gasteiger partial charge >= 0.3 is 17.8 Å². The van der Waals surface area contributed by atoms with E-state index >= 15 is 0 Å². The lowest BCUT2D eigenvalue weighted by Crippen LogP contribution is -2.46. The van der Waals surface area contributed by atoms with Gasteiger partial charge in [0.1, 0.15) is 0 Å². The molecule has 1 aromatic rings. The van der Waals surface area contributed by atoms with Gasteiger partial charge in [-0.25, -0.2) is 9.69 Å². The molecule has 1 saturated heterocycles. The predicted octanol–water partition coefficient (Wildman–Crippen LogP) is 3.00. The molecule has 4 amide bonds. The Bertz CT molecular complexity index is 731. The Morgan fingerprint density at radius 1 is 1.08 bits per heavy atom. The Kier molecular flexibility index (Phi) is 5.03. The van der Waals surface area contributed by atoms with Gasteiger partial charge in [0, 0.05) is 16.1 Å². The summed E-state index contributed by atoms with van der Waals surface area (Å²) in [6, 6.07) is 5.72. The Morgan fingerprint density at radius 3 is 2.36 bits per heavy atom. The molecule has 0 spiro atoms. The first-order chi connectivity index (χ1) is 11.9. The standard InChI is InChI=1S/C18H19BrN2O4/c1-11-4-2-3-5-14(11)21-17(24)16(23)20(18(21)25)10-15(22)12-6-8-13(19)9-7-12/h6-9,11,14H,2-5,10H2,1H3/t11-,14+/m0/s1. The molecule has 25 heavy (non-hydrogen) atoms. The van der Waals surface area contributed by atoms with Gasteiger partial charge in [-0.3, -0.25) is 19.3 Å². The van der Waals surface area contributed by atoms with Gasteiger partial charge in [-0.05, 0) is 30.9 Å². The summed E-state index contributed by atoms with van der Waals surface area (Å²) < 4.78 is 0.824. The van der Waals surface area contributed by atoms with Crippen molar-refractivity contribution in [3.63, 3.8) is 0 Å². The largest absolute Gasteiger partial charge is 0.334 e. The van der Waals surface area contributed by atoms with E-state index in [9.17, 15) is 19.2 Å². The predicted molar refractivity (Wildman–Crippen MR) is 93.8 cm³/mol. The smallest absolute Gasteiger partial charge is 0.292 e. The number of benzene rings is 1. The first-order valence-electron chi connectivity index (χ1n) is 8.38. The molecule has 1 aromatic carbocycles. The van der Waals surface area contributed by atoms with Crippen molar-refractivity contribution in [3.05, 3.63) is 34.3 Å². The summed E-state index contributed by atoms with van der Waals surface area (Å²) in [7, 11) is 0. The van der Waals surface area contributed by atoms with E-state index in [1.165, 1.54) is 0 Å². The van der Waals surface area contributed by atoms with E-state index in [0.717, 1.165) is 33.5 Å². The number of Topliss-reactive ketones (excluding diaryl/α,β-unsaturated/α-hetero) is 1. The molecule has 1 saturated carbocycles. The minimum Gasteiger partial charge on any atom is -0.292 e. The molecular weight excluding hydrogens is 388 g/mol. The van der Waals surface area contributed by atoms with E-state index in [0.29, 0.717) is 12.0 Å². The van der Waals surface area contributed by atoms with E-state index in [1.54, 1.807) is 24.3 Å². The number of urea groups is 1. The molecule has 1 aliphatic carbocycles. The van der Waals surface area contributed by atoms with Gasteiger partial charge in [0.25, 0.3) is 0 Å². The monoisotopic (exact) mass is 406 g/mol. The lowest BCUT2D eigenvalue weighted by atomic mass is 9.85. The molecule has 0 bridgehead atoms. The van der Waals surface area contributed by atoms with E-state index in [1.807, 2.05) is 6.92 Å². The SMILES string of the molecule is C[C@H]1CCCC[C@H]1N1C(=O)C(=O)N(CC(=O)c2ccc(Br)cc2)C1=O. The third kappa shape index (κ3) is 3.38. The van der Waals surface area contributed by atoms with Crippen molar-refractivity contribution >= 4 is 39.6 Å². The number of carbonyl (C=O) groups excluding carboxylic acids is 4. The zero-order valence-electron chi connectivity index (χ0n) is 13.9. The van der Waals surface area contributed by atoms with Crippen LogP contribution in [0.3, 0.4) is 0 Å². The molecule has 1 aliphatic heterocycles. The topological polar surface area (TPSA) is 74.8 Å². The average Bonchev–Trinajstić information content (AvgIpc) is 2.80. The lowest BCUT2D eigenvalue weighted by Gasteiger charge is -2.34. The molecule has 132 valence electrons. The molecule has 6 nitrogen and oxygen atoms in total. The minimum absolute atomic E-state index is 0.163. The number of amides is 4. The second-order valence-corrected chi connectivity index (χ2v) is 7.52. The highest BCUT2D eigenvalue weighted by Crippen LogP contribution is 2.31. The molecule has 2 aliphatic rings. The van der Waals surface area contributed by atoms with Crippen molar-refractivity contribution in [1.82, 2.24) is 9.80 Å². The third-order valence-corrected chi connectivity index (χ3v) is 5.48. The van der Waals surface area contributed by atoms with Crippen LogP contribution in [0.5, 0.6) is 0 Å². The fourth-order valence-corrected chi connectivity index (χ4v) is 3.77. The van der Waals surface area contributed by atoms with Crippen LogP contribution in [-0.4, -0.2) is 46.0 Å². The minimum atomic E-state index is -0.909. The van der Waals surface area contributed by atoms with Crippen LogP contribution in [0.25, 0.3) is 0 Å². The number of imide groups is 2. The molecule has 0 aromatic heterocycles. The Hall–Kier alpha value is -2.02. The van der Waals surface area contributed by atoms with Crippen LogP contribution in [0.4, 0.5) is 4.79 Å². The number of carbonyl (C=O) groups is 4. The second kappa shape index (κ2) is 7.07. The number of nitrogens with zero attached hydrogens (tertiary/aromatic N) is 2. The highest BCUT2D eigenvalue weighted by atomic mass is 79.9. The van der Waals surface area contributed by atoms with Gasteiger partial charge < -0.3 is 0 Å². The van der Waals surface area contributed by atoms with Gasteiger partial charge in [-0.1, -0.05) is 47.8 Å². The Balaban J connectivity index is 1.77. The molecular formula is C18H19BrN2O4. The normalized spacial score (nSPS) is 24.2. The fourth-order valence-electron chi connectivity index (χ4n) is 3.51. The average molecular weight is 407 g/mol. The zero-order chi connectivity index (χ0) is 18.1. The quantitative estimate of drug-likeness (QED) is 0.437. The highest BCUT2D eigenvalue weighted by molar-refractivity contribution is 9.10. The van der Waals surface area contributed by atoms with Crippen molar-refractivity contribution in [1.29, 1.82) is 0 Å². The molecule has 3 rings (SSSR count). The molecule has 2 atom stereocenters. The van der Waals surface area contributed by atoms with E-state index in [-0.39, 0.29) is 17.7 Å². The zero-order valence-corrected chi connectivity index (χ0v) is 15.5. The van der Waals surface area contributed by atoms with Crippen LogP contribution < -0.4 is 0 Å². The Labute approximate surface area is 154 Å². The molecule has 0 unspecified atom stereocenters. The summed E-state index contributed by atoms with van der Waals surface area (Å²) in [5.74, 6) is -1.93. The maximum Gasteiger partial charge on any atom is 0.334 e. The molecule has 0 N–H and O–H groups in total. The highest BCUT2D eigenvalue weighted by Gasteiger charge is 2.49. The van der Waals surface area contributed by atoms with Crippen LogP contribution in [0, 0.1) is 5.92 Å². The summed E-state index contributed by atoms with van der Waals surface area (Å²) in [5.41, 5.74) is 0.390. The van der Waals surface area contributed by atoms with Gasteiger partial charge in [-0.2, -0.15) is 0 Å². The van der Waals surface area contributed by atoms with E-state index in [4.69, 9.17) is 0 Å². The van der Waals surface area contributed by atoms with Crippen LogP contribution in [0.2, 0.25) is 0 Å². The van der Waals surface area contributed by atoms with Crippen LogP contribution >= 0.6 is 15.9 Å². The van der Waals surface area contributed by atoms with Crippen molar-refractivity contribution in [2.75, 3.05) is 6.54 Å². The number of halogens is 1. The maximum absolute atomic E-state index is 12.6. The number of hydrogen-bond donors (Lipinski definition) is 0. The molecule has 0 radical (unpaired) electrons. The van der Waals surface area contributed by atoms with Crippen LogP contribution in [0.15, 0.2) is 28.7 Å². The third-order valence-electron chi connectivity index (χ3n) is 4.95. The Morgan fingerprint density at radius 2 is 1.72 bits per heavy atom. The molecule has 7 heteroatoms. The summed E-state index contributed by atoms with van der Waals surface area (Å²) in [5, 5.41) is 0.